The molecule has 2 aromatic rings. The van der Waals surface area contributed by atoms with Crippen LogP contribution in [0.2, 0.25) is 5.02 Å². The number of fused-ring (bicyclic) bond motifs is 1. The minimum atomic E-state index is -0.164. The van der Waals surface area contributed by atoms with Crippen molar-refractivity contribution in [1.29, 1.82) is 0 Å². The molecule has 114 valence electrons. The molecule has 0 radical (unpaired) electrons. The van der Waals surface area contributed by atoms with E-state index in [0.29, 0.717) is 5.02 Å². The Morgan fingerprint density at radius 1 is 1.33 bits per heavy atom. The Labute approximate surface area is 133 Å². The molecule has 0 amide bonds. The molecule has 0 N–H and O–H groups in total. The molecule has 7 heteroatoms. The highest BCUT2D eigenvalue weighted by Gasteiger charge is 2.17. The molecule has 21 heavy (non-hydrogen) atoms. The molecule has 1 aliphatic heterocycles. The Balaban J connectivity index is 1.86. The summed E-state index contributed by atoms with van der Waals surface area (Å²) in [6.45, 7) is 7.23. The first-order chi connectivity index (χ1) is 10.1. The van der Waals surface area contributed by atoms with Gasteiger partial charge in [-0.15, -0.1) is 11.6 Å². The monoisotopic (exact) mass is 328 g/mol. The molecule has 0 saturated carbocycles. The standard InChI is InChI=1S/C14H18Cl2N4O/c1-10(15)13-18-12-8-11(16)9-17-14(12)20(13)3-2-19-4-6-21-7-5-19/h8-10H,2-7H2,1H3. The van der Waals surface area contributed by atoms with Gasteiger partial charge in [-0.2, -0.15) is 0 Å². The maximum absolute atomic E-state index is 6.26. The second kappa shape index (κ2) is 6.48. The van der Waals surface area contributed by atoms with E-state index in [1.165, 1.54) is 0 Å². The third kappa shape index (κ3) is 3.31. The number of nitrogens with zero attached hydrogens (tertiary/aromatic N) is 4. The number of morpholine rings is 1. The van der Waals surface area contributed by atoms with E-state index in [4.69, 9.17) is 27.9 Å². The van der Waals surface area contributed by atoms with E-state index in [1.807, 2.05) is 13.0 Å². The Hall–Kier alpha value is -0.880. The highest BCUT2D eigenvalue weighted by atomic mass is 35.5. The number of imidazole rings is 1. The van der Waals surface area contributed by atoms with Gasteiger partial charge in [0.2, 0.25) is 0 Å². The second-order valence-electron chi connectivity index (χ2n) is 5.19. The van der Waals surface area contributed by atoms with Gasteiger partial charge in [-0.1, -0.05) is 11.6 Å². The van der Waals surface area contributed by atoms with Crippen molar-refractivity contribution in [3.63, 3.8) is 0 Å². The number of pyridine rings is 1. The minimum absolute atomic E-state index is 0.164. The van der Waals surface area contributed by atoms with E-state index in [9.17, 15) is 0 Å². The molecule has 0 aromatic carbocycles. The van der Waals surface area contributed by atoms with Gasteiger partial charge >= 0.3 is 0 Å². The van der Waals surface area contributed by atoms with Gasteiger partial charge in [-0.25, -0.2) is 9.97 Å². The average molecular weight is 329 g/mol. The van der Waals surface area contributed by atoms with E-state index < -0.39 is 0 Å². The van der Waals surface area contributed by atoms with Crippen LogP contribution in [0.1, 0.15) is 18.1 Å². The van der Waals surface area contributed by atoms with E-state index >= 15 is 0 Å². The lowest BCUT2D eigenvalue weighted by atomic mass is 10.4. The lowest BCUT2D eigenvalue weighted by Gasteiger charge is -2.27. The van der Waals surface area contributed by atoms with Crippen molar-refractivity contribution in [3.8, 4) is 0 Å². The molecular weight excluding hydrogens is 311 g/mol. The molecule has 1 aliphatic rings. The van der Waals surface area contributed by atoms with Gasteiger partial charge in [0, 0.05) is 32.4 Å². The maximum atomic E-state index is 6.26. The summed E-state index contributed by atoms with van der Waals surface area (Å²) in [5.41, 5.74) is 1.64. The number of ether oxygens (including phenoxy) is 1. The summed E-state index contributed by atoms with van der Waals surface area (Å²) in [5.74, 6) is 0.842. The lowest BCUT2D eigenvalue weighted by molar-refractivity contribution is 0.0364. The van der Waals surface area contributed by atoms with Gasteiger partial charge in [0.15, 0.2) is 5.65 Å². The van der Waals surface area contributed by atoms with Crippen LogP contribution in [0.25, 0.3) is 11.2 Å². The SMILES string of the molecule is CC(Cl)c1nc2cc(Cl)cnc2n1CCN1CCOCC1. The molecule has 2 aromatic heterocycles. The van der Waals surface area contributed by atoms with Crippen LogP contribution in [0.3, 0.4) is 0 Å². The molecule has 5 nitrogen and oxygen atoms in total. The summed E-state index contributed by atoms with van der Waals surface area (Å²) in [6, 6.07) is 1.83. The summed E-state index contributed by atoms with van der Waals surface area (Å²) in [6.07, 6.45) is 1.65. The third-order valence-electron chi connectivity index (χ3n) is 3.68. The van der Waals surface area contributed by atoms with Crippen molar-refractivity contribution < 1.29 is 4.74 Å². The van der Waals surface area contributed by atoms with Crippen LogP contribution < -0.4 is 0 Å². The highest BCUT2D eigenvalue weighted by Crippen LogP contribution is 2.25. The zero-order valence-corrected chi connectivity index (χ0v) is 13.4. The Morgan fingerprint density at radius 2 is 2.10 bits per heavy atom. The van der Waals surface area contributed by atoms with Crippen molar-refractivity contribution in [1.82, 2.24) is 19.4 Å². The fourth-order valence-corrected chi connectivity index (χ4v) is 2.91. The molecule has 3 heterocycles. The molecule has 0 bridgehead atoms. The molecule has 0 aliphatic carbocycles. The maximum Gasteiger partial charge on any atom is 0.160 e. The van der Waals surface area contributed by atoms with Gasteiger partial charge in [-0.3, -0.25) is 4.90 Å². The minimum Gasteiger partial charge on any atom is -0.379 e. The summed E-state index contributed by atoms with van der Waals surface area (Å²) >= 11 is 12.3. The van der Waals surface area contributed by atoms with Crippen LogP contribution in [0.5, 0.6) is 0 Å². The van der Waals surface area contributed by atoms with Gasteiger partial charge in [0.05, 0.1) is 23.6 Å². The molecule has 3 rings (SSSR count). The van der Waals surface area contributed by atoms with Crippen LogP contribution in [-0.4, -0.2) is 52.3 Å². The summed E-state index contributed by atoms with van der Waals surface area (Å²) in [5, 5.41) is 0.428. The molecule has 0 spiro atoms. The topological polar surface area (TPSA) is 43.2 Å². The number of halogens is 2. The quantitative estimate of drug-likeness (QED) is 0.809. The van der Waals surface area contributed by atoms with E-state index in [1.54, 1.807) is 6.20 Å². The van der Waals surface area contributed by atoms with Crippen molar-refractivity contribution in [3.05, 3.63) is 23.1 Å². The van der Waals surface area contributed by atoms with Gasteiger partial charge in [0.1, 0.15) is 11.3 Å². The van der Waals surface area contributed by atoms with Crippen LogP contribution in [-0.2, 0) is 11.3 Å². The van der Waals surface area contributed by atoms with Crippen molar-refractivity contribution >= 4 is 34.4 Å². The third-order valence-corrected chi connectivity index (χ3v) is 4.08. The summed E-state index contributed by atoms with van der Waals surface area (Å²) in [7, 11) is 0. The molecule has 1 unspecified atom stereocenters. The summed E-state index contributed by atoms with van der Waals surface area (Å²) in [4.78, 5) is 11.4. The van der Waals surface area contributed by atoms with Crippen LogP contribution >= 0.6 is 23.2 Å². The number of alkyl halides is 1. The first-order valence-electron chi connectivity index (χ1n) is 7.11. The smallest absolute Gasteiger partial charge is 0.160 e. The zero-order valence-electron chi connectivity index (χ0n) is 11.9. The number of rotatable bonds is 4. The van der Waals surface area contributed by atoms with Crippen molar-refractivity contribution in [2.24, 2.45) is 0 Å². The molecule has 1 saturated heterocycles. The largest absolute Gasteiger partial charge is 0.379 e. The van der Waals surface area contributed by atoms with E-state index in [0.717, 1.165) is 56.4 Å². The average Bonchev–Trinajstić information content (AvgIpc) is 2.84. The fraction of sp³-hybridized carbons (Fsp3) is 0.571. The van der Waals surface area contributed by atoms with Gasteiger partial charge in [-0.05, 0) is 13.0 Å². The molecule has 1 atom stereocenters. The Morgan fingerprint density at radius 3 is 2.81 bits per heavy atom. The number of hydrogen-bond donors (Lipinski definition) is 0. The first-order valence-corrected chi connectivity index (χ1v) is 7.92. The first kappa shape index (κ1) is 15.0. The predicted molar refractivity (Wildman–Crippen MR) is 84.1 cm³/mol. The van der Waals surface area contributed by atoms with Gasteiger partial charge in [0.25, 0.3) is 0 Å². The number of hydrogen-bond acceptors (Lipinski definition) is 4. The fourth-order valence-electron chi connectivity index (χ4n) is 2.59. The summed E-state index contributed by atoms with van der Waals surface area (Å²) < 4.78 is 7.47. The van der Waals surface area contributed by atoms with E-state index in [2.05, 4.69) is 19.4 Å². The lowest BCUT2D eigenvalue weighted by Crippen LogP contribution is -2.38. The Bertz CT molecular complexity index is 623. The van der Waals surface area contributed by atoms with E-state index in [-0.39, 0.29) is 5.38 Å². The Kier molecular flexibility index (Phi) is 4.64. The molecular formula is C14H18Cl2N4O. The number of aromatic nitrogens is 3. The predicted octanol–water partition coefficient (Wildman–Crippen LogP) is 2.72. The second-order valence-corrected chi connectivity index (χ2v) is 6.28. The van der Waals surface area contributed by atoms with Crippen LogP contribution in [0, 0.1) is 0 Å². The van der Waals surface area contributed by atoms with Crippen LogP contribution in [0.15, 0.2) is 12.3 Å². The zero-order chi connectivity index (χ0) is 14.8. The molecule has 1 fully saturated rings. The van der Waals surface area contributed by atoms with Crippen molar-refractivity contribution in [2.75, 3.05) is 32.8 Å². The highest BCUT2D eigenvalue weighted by molar-refractivity contribution is 6.31. The van der Waals surface area contributed by atoms with Crippen LogP contribution in [0.4, 0.5) is 0 Å². The van der Waals surface area contributed by atoms with Crippen molar-refractivity contribution in [2.45, 2.75) is 18.8 Å². The normalized spacial score (nSPS) is 18.2. The van der Waals surface area contributed by atoms with Gasteiger partial charge < -0.3 is 9.30 Å².